The van der Waals surface area contributed by atoms with Gasteiger partial charge in [0.05, 0.1) is 18.8 Å². The second-order valence-electron chi connectivity index (χ2n) is 4.68. The summed E-state index contributed by atoms with van der Waals surface area (Å²) >= 11 is 0. The number of fused-ring (bicyclic) bond motifs is 5. The molecule has 0 spiro atoms. The molecule has 0 aromatic heterocycles. The van der Waals surface area contributed by atoms with E-state index in [1.54, 1.807) is 0 Å². The average molecular weight is 168 g/mol. The van der Waals surface area contributed by atoms with Crippen LogP contribution >= 0.6 is 0 Å². The number of aliphatic hydroxyl groups is 1. The van der Waals surface area contributed by atoms with Gasteiger partial charge in [-0.25, -0.2) is 0 Å². The summed E-state index contributed by atoms with van der Waals surface area (Å²) in [6, 6.07) is 0. The second kappa shape index (κ2) is 2.46. The zero-order valence-electron chi connectivity index (χ0n) is 7.28. The standard InChI is InChI=1S/C10H16O2/c11-8-4-9-6-1-2-7(3-6)10(9)12-5-8/h6-11H,1-5H2. The predicted molar refractivity (Wildman–Crippen MR) is 44.7 cm³/mol. The quantitative estimate of drug-likeness (QED) is 0.588. The number of hydrogen-bond donors (Lipinski definition) is 1. The molecule has 1 heterocycles. The van der Waals surface area contributed by atoms with Gasteiger partial charge < -0.3 is 9.84 Å². The monoisotopic (exact) mass is 168 g/mol. The van der Waals surface area contributed by atoms with Crippen molar-refractivity contribution < 1.29 is 9.84 Å². The molecule has 2 heteroatoms. The van der Waals surface area contributed by atoms with E-state index in [0.717, 1.165) is 18.3 Å². The number of aliphatic hydroxyl groups excluding tert-OH is 1. The Morgan fingerprint density at radius 1 is 1.08 bits per heavy atom. The average Bonchev–Trinajstić information content (AvgIpc) is 2.63. The first-order valence-corrected chi connectivity index (χ1v) is 5.14. The molecule has 2 aliphatic carbocycles. The van der Waals surface area contributed by atoms with Gasteiger partial charge in [-0.05, 0) is 43.4 Å². The van der Waals surface area contributed by atoms with Crippen LogP contribution in [0.1, 0.15) is 25.7 Å². The lowest BCUT2D eigenvalue weighted by Gasteiger charge is -2.37. The van der Waals surface area contributed by atoms with Crippen molar-refractivity contribution in [3.05, 3.63) is 0 Å². The first-order chi connectivity index (χ1) is 5.84. The summed E-state index contributed by atoms with van der Waals surface area (Å²) in [4.78, 5) is 0. The molecule has 5 atom stereocenters. The van der Waals surface area contributed by atoms with Crippen LogP contribution in [-0.4, -0.2) is 23.9 Å². The maximum absolute atomic E-state index is 9.46. The first kappa shape index (κ1) is 7.34. The predicted octanol–water partition coefficient (Wildman–Crippen LogP) is 1.18. The molecule has 1 N–H and O–H groups in total. The lowest BCUT2D eigenvalue weighted by Crippen LogP contribution is -2.40. The summed E-state index contributed by atoms with van der Waals surface area (Å²) in [5.74, 6) is 2.43. The van der Waals surface area contributed by atoms with Crippen LogP contribution in [-0.2, 0) is 4.74 Å². The summed E-state index contributed by atoms with van der Waals surface area (Å²) in [5, 5.41) is 9.46. The van der Waals surface area contributed by atoms with Gasteiger partial charge in [0.2, 0.25) is 0 Å². The van der Waals surface area contributed by atoms with Crippen LogP contribution in [0, 0.1) is 17.8 Å². The van der Waals surface area contributed by atoms with E-state index < -0.39 is 0 Å². The third-order valence-electron chi connectivity index (χ3n) is 4.03. The summed E-state index contributed by atoms with van der Waals surface area (Å²) in [6.45, 7) is 0.588. The molecule has 68 valence electrons. The SMILES string of the molecule is OC1COC2C3CCC(C3)C2C1. The Morgan fingerprint density at radius 3 is 2.83 bits per heavy atom. The highest BCUT2D eigenvalue weighted by Crippen LogP contribution is 2.52. The first-order valence-electron chi connectivity index (χ1n) is 5.14. The van der Waals surface area contributed by atoms with Gasteiger partial charge in [0.25, 0.3) is 0 Å². The van der Waals surface area contributed by atoms with Crippen LogP contribution in [0.4, 0.5) is 0 Å². The lowest BCUT2D eigenvalue weighted by atomic mass is 9.81. The van der Waals surface area contributed by atoms with Crippen LogP contribution in [0.25, 0.3) is 0 Å². The molecule has 1 aliphatic heterocycles. The van der Waals surface area contributed by atoms with Gasteiger partial charge >= 0.3 is 0 Å². The van der Waals surface area contributed by atoms with Crippen molar-refractivity contribution in [1.82, 2.24) is 0 Å². The zero-order valence-corrected chi connectivity index (χ0v) is 7.28. The van der Waals surface area contributed by atoms with Crippen LogP contribution in [0.15, 0.2) is 0 Å². The third kappa shape index (κ3) is 0.882. The number of hydrogen-bond acceptors (Lipinski definition) is 2. The summed E-state index contributed by atoms with van der Waals surface area (Å²) < 4.78 is 5.70. The van der Waals surface area contributed by atoms with E-state index in [0.29, 0.717) is 18.6 Å². The molecular weight excluding hydrogens is 152 g/mol. The Balaban J connectivity index is 1.81. The Morgan fingerprint density at radius 2 is 1.92 bits per heavy atom. The summed E-state index contributed by atoms with van der Waals surface area (Å²) in [7, 11) is 0. The van der Waals surface area contributed by atoms with Crippen molar-refractivity contribution in [2.24, 2.45) is 17.8 Å². The Hall–Kier alpha value is -0.0800. The van der Waals surface area contributed by atoms with E-state index in [-0.39, 0.29) is 6.10 Å². The van der Waals surface area contributed by atoms with Gasteiger partial charge in [-0.1, -0.05) is 0 Å². The van der Waals surface area contributed by atoms with Crippen LogP contribution in [0.3, 0.4) is 0 Å². The molecule has 0 aromatic rings. The molecule has 12 heavy (non-hydrogen) atoms. The zero-order chi connectivity index (χ0) is 8.13. The fourth-order valence-corrected chi connectivity index (χ4v) is 3.55. The molecule has 3 aliphatic rings. The molecule has 0 radical (unpaired) electrons. The maximum Gasteiger partial charge on any atom is 0.0777 e. The van der Waals surface area contributed by atoms with Crippen molar-refractivity contribution in [3.63, 3.8) is 0 Å². The van der Waals surface area contributed by atoms with Crippen molar-refractivity contribution in [2.45, 2.75) is 37.9 Å². The molecule has 0 amide bonds. The van der Waals surface area contributed by atoms with Crippen molar-refractivity contribution in [3.8, 4) is 0 Å². The lowest BCUT2D eigenvalue weighted by molar-refractivity contribution is -0.108. The van der Waals surface area contributed by atoms with E-state index >= 15 is 0 Å². The van der Waals surface area contributed by atoms with Crippen molar-refractivity contribution >= 4 is 0 Å². The molecule has 2 saturated carbocycles. The van der Waals surface area contributed by atoms with Gasteiger partial charge in [0, 0.05) is 0 Å². The Labute approximate surface area is 72.9 Å². The van der Waals surface area contributed by atoms with Gasteiger partial charge in [0.15, 0.2) is 0 Å². The van der Waals surface area contributed by atoms with Crippen LogP contribution < -0.4 is 0 Å². The normalized spacial score (nSPS) is 57.2. The van der Waals surface area contributed by atoms with Crippen LogP contribution in [0.5, 0.6) is 0 Å². The number of ether oxygens (including phenoxy) is 1. The fraction of sp³-hybridized carbons (Fsp3) is 1.00. The number of rotatable bonds is 0. The molecule has 0 aromatic carbocycles. The highest BCUT2D eigenvalue weighted by atomic mass is 16.5. The van der Waals surface area contributed by atoms with Gasteiger partial charge in [-0.2, -0.15) is 0 Å². The fourth-order valence-electron chi connectivity index (χ4n) is 3.55. The maximum atomic E-state index is 9.46. The highest BCUT2D eigenvalue weighted by molar-refractivity contribution is 4.99. The molecule has 3 rings (SSSR count). The van der Waals surface area contributed by atoms with Crippen LogP contribution in [0.2, 0.25) is 0 Å². The van der Waals surface area contributed by atoms with E-state index in [1.165, 1.54) is 19.3 Å². The van der Waals surface area contributed by atoms with Gasteiger partial charge in [-0.3, -0.25) is 0 Å². The molecule has 2 bridgehead atoms. The largest absolute Gasteiger partial charge is 0.391 e. The molecule has 3 fully saturated rings. The molecule has 2 nitrogen and oxygen atoms in total. The minimum Gasteiger partial charge on any atom is -0.391 e. The smallest absolute Gasteiger partial charge is 0.0777 e. The van der Waals surface area contributed by atoms with Crippen molar-refractivity contribution in [2.75, 3.05) is 6.61 Å². The van der Waals surface area contributed by atoms with Crippen molar-refractivity contribution in [1.29, 1.82) is 0 Å². The van der Waals surface area contributed by atoms with E-state index in [4.69, 9.17) is 4.74 Å². The summed E-state index contributed by atoms with van der Waals surface area (Å²) in [5.41, 5.74) is 0. The highest BCUT2D eigenvalue weighted by Gasteiger charge is 2.50. The van der Waals surface area contributed by atoms with Gasteiger partial charge in [0.1, 0.15) is 0 Å². The second-order valence-corrected chi connectivity index (χ2v) is 4.68. The Bertz CT molecular complexity index is 192. The minimum atomic E-state index is -0.175. The molecular formula is C10H16O2. The van der Waals surface area contributed by atoms with Gasteiger partial charge in [-0.15, -0.1) is 0 Å². The van der Waals surface area contributed by atoms with E-state index in [2.05, 4.69) is 0 Å². The third-order valence-corrected chi connectivity index (χ3v) is 4.03. The molecule has 5 unspecified atom stereocenters. The minimum absolute atomic E-state index is 0.175. The van der Waals surface area contributed by atoms with E-state index in [9.17, 15) is 5.11 Å². The summed E-state index contributed by atoms with van der Waals surface area (Å²) in [6.07, 6.45) is 5.50. The molecule has 1 saturated heterocycles. The Kier molecular flexibility index (Phi) is 1.50. The van der Waals surface area contributed by atoms with E-state index in [1.807, 2.05) is 0 Å². The topological polar surface area (TPSA) is 29.5 Å².